The van der Waals surface area contributed by atoms with Crippen molar-refractivity contribution >= 4 is 22.8 Å². The molecule has 22 heavy (non-hydrogen) atoms. The molecule has 7 nitrogen and oxygen atoms in total. The summed E-state index contributed by atoms with van der Waals surface area (Å²) < 4.78 is 13.9. The number of anilines is 1. The van der Waals surface area contributed by atoms with E-state index >= 15 is 0 Å². The molecule has 0 saturated carbocycles. The Kier molecular flexibility index (Phi) is 3.23. The number of rotatable bonds is 2. The summed E-state index contributed by atoms with van der Waals surface area (Å²) in [6.07, 6.45) is 1.47. The Bertz CT molecular complexity index is 930. The normalized spacial score (nSPS) is 10.3. The van der Waals surface area contributed by atoms with Crippen LogP contribution in [0, 0.1) is 17.7 Å². The first-order valence-corrected chi connectivity index (χ1v) is 6.30. The second-order valence-electron chi connectivity index (χ2n) is 4.44. The fourth-order valence-electron chi connectivity index (χ4n) is 2.04. The third kappa shape index (κ3) is 2.25. The van der Waals surface area contributed by atoms with Crippen molar-refractivity contribution in [1.82, 2.24) is 20.2 Å². The van der Waals surface area contributed by atoms with Crippen molar-refractivity contribution in [3.63, 3.8) is 0 Å². The van der Waals surface area contributed by atoms with Crippen LogP contribution in [-0.4, -0.2) is 33.1 Å². The molecule has 0 atom stereocenters. The summed E-state index contributed by atoms with van der Waals surface area (Å²) in [5.74, 6) is 4.46. The highest BCUT2D eigenvalue weighted by atomic mass is 19.1. The number of halogens is 1. The second-order valence-corrected chi connectivity index (χ2v) is 4.44. The van der Waals surface area contributed by atoms with Gasteiger partial charge in [0.1, 0.15) is 17.1 Å². The summed E-state index contributed by atoms with van der Waals surface area (Å²) in [6, 6.07) is 2.83. The SMILES string of the molecule is CNc1n[nH]c(C#Cc2cc3[nH]cnc3cc2F)c1C(N)=O. The van der Waals surface area contributed by atoms with Gasteiger partial charge in [-0.3, -0.25) is 9.89 Å². The Hall–Kier alpha value is -3.34. The number of benzene rings is 1. The molecule has 3 rings (SSSR count). The minimum atomic E-state index is -0.674. The zero-order chi connectivity index (χ0) is 15.7. The third-order valence-corrected chi connectivity index (χ3v) is 3.08. The van der Waals surface area contributed by atoms with E-state index in [0.29, 0.717) is 16.9 Å². The molecule has 0 bridgehead atoms. The molecule has 0 unspecified atom stereocenters. The Morgan fingerprint density at radius 2 is 2.23 bits per heavy atom. The first kappa shape index (κ1) is 13.6. The lowest BCUT2D eigenvalue weighted by Gasteiger charge is -1.96. The number of H-pyrrole nitrogens is 2. The fraction of sp³-hybridized carbons (Fsp3) is 0.0714. The molecule has 2 aromatic heterocycles. The van der Waals surface area contributed by atoms with Crippen LogP contribution in [0.3, 0.4) is 0 Å². The van der Waals surface area contributed by atoms with E-state index in [1.807, 2.05) is 0 Å². The Labute approximate surface area is 124 Å². The van der Waals surface area contributed by atoms with Crippen molar-refractivity contribution in [1.29, 1.82) is 0 Å². The topological polar surface area (TPSA) is 112 Å². The number of carbonyl (C=O) groups excluding carboxylic acids is 1. The predicted molar refractivity (Wildman–Crippen MR) is 78.7 cm³/mol. The first-order valence-electron chi connectivity index (χ1n) is 6.30. The second kappa shape index (κ2) is 5.21. The van der Waals surface area contributed by atoms with Gasteiger partial charge in [0, 0.05) is 13.1 Å². The van der Waals surface area contributed by atoms with Gasteiger partial charge in [-0.15, -0.1) is 0 Å². The minimum Gasteiger partial charge on any atom is -0.371 e. The van der Waals surface area contributed by atoms with Gasteiger partial charge >= 0.3 is 0 Å². The van der Waals surface area contributed by atoms with Gasteiger partial charge in [0.05, 0.1) is 22.9 Å². The highest BCUT2D eigenvalue weighted by Gasteiger charge is 2.16. The molecule has 2 heterocycles. The van der Waals surface area contributed by atoms with Gasteiger partial charge in [-0.2, -0.15) is 5.10 Å². The van der Waals surface area contributed by atoms with E-state index in [1.165, 1.54) is 12.4 Å². The molecule has 1 aromatic carbocycles. The van der Waals surface area contributed by atoms with E-state index in [1.54, 1.807) is 13.1 Å². The van der Waals surface area contributed by atoms with E-state index in [0.717, 1.165) is 0 Å². The number of amides is 1. The van der Waals surface area contributed by atoms with E-state index in [2.05, 4.69) is 37.3 Å². The van der Waals surface area contributed by atoms with Crippen LogP contribution >= 0.6 is 0 Å². The summed E-state index contributed by atoms with van der Waals surface area (Å²) in [4.78, 5) is 18.3. The number of nitrogens with two attached hydrogens (primary N) is 1. The molecule has 8 heteroatoms. The minimum absolute atomic E-state index is 0.137. The van der Waals surface area contributed by atoms with E-state index < -0.39 is 11.7 Å². The standard InChI is InChI=1S/C14H11FN6O/c1-17-14-12(13(16)22)9(20-21-14)3-2-7-4-10-11(5-8(7)15)19-6-18-10/h4-6H,1H3,(H2,16,22)(H,18,19)(H2,17,20,21). The predicted octanol–water partition coefficient (Wildman–Crippen LogP) is 0.966. The molecule has 0 radical (unpaired) electrons. The third-order valence-electron chi connectivity index (χ3n) is 3.08. The molecular formula is C14H11FN6O. The largest absolute Gasteiger partial charge is 0.371 e. The summed E-state index contributed by atoms with van der Waals surface area (Å²) >= 11 is 0. The van der Waals surface area contributed by atoms with Gasteiger partial charge in [-0.05, 0) is 12.0 Å². The first-order chi connectivity index (χ1) is 10.6. The van der Waals surface area contributed by atoms with Crippen molar-refractivity contribution in [2.45, 2.75) is 0 Å². The average Bonchev–Trinajstić information content (AvgIpc) is 3.10. The molecular weight excluding hydrogens is 287 g/mol. The number of nitrogens with one attached hydrogen (secondary N) is 3. The number of carbonyl (C=O) groups is 1. The molecule has 110 valence electrons. The van der Waals surface area contributed by atoms with Crippen molar-refractivity contribution in [3.8, 4) is 11.8 Å². The van der Waals surface area contributed by atoms with Crippen LogP contribution < -0.4 is 11.1 Å². The van der Waals surface area contributed by atoms with Crippen LogP contribution in [0.1, 0.15) is 21.6 Å². The maximum atomic E-state index is 13.9. The van der Waals surface area contributed by atoms with Gasteiger partial charge < -0.3 is 16.0 Å². The molecule has 0 aliphatic carbocycles. The van der Waals surface area contributed by atoms with E-state index in [4.69, 9.17) is 5.73 Å². The number of aromatic amines is 2. The van der Waals surface area contributed by atoms with Crippen molar-refractivity contribution in [2.75, 3.05) is 12.4 Å². The molecule has 3 aromatic rings. The number of hydrogen-bond donors (Lipinski definition) is 4. The lowest BCUT2D eigenvalue weighted by Crippen LogP contribution is -2.13. The van der Waals surface area contributed by atoms with Crippen LogP contribution in [0.15, 0.2) is 18.5 Å². The van der Waals surface area contributed by atoms with Gasteiger partial charge in [-0.1, -0.05) is 5.92 Å². The van der Waals surface area contributed by atoms with Gasteiger partial charge in [0.15, 0.2) is 5.82 Å². The average molecular weight is 298 g/mol. The molecule has 1 amide bonds. The summed E-state index contributed by atoms with van der Waals surface area (Å²) in [6.45, 7) is 0. The molecule has 5 N–H and O–H groups in total. The zero-order valence-corrected chi connectivity index (χ0v) is 11.5. The number of primary amides is 1. The summed E-state index contributed by atoms with van der Waals surface area (Å²) in [5, 5.41) is 9.21. The lowest BCUT2D eigenvalue weighted by molar-refractivity contribution is 0.100. The molecule has 0 aliphatic rings. The monoisotopic (exact) mass is 298 g/mol. The molecule has 0 fully saturated rings. The van der Waals surface area contributed by atoms with Crippen LogP contribution in [0.5, 0.6) is 0 Å². The van der Waals surface area contributed by atoms with Crippen molar-refractivity contribution in [2.24, 2.45) is 5.73 Å². The maximum absolute atomic E-state index is 13.9. The fourth-order valence-corrected chi connectivity index (χ4v) is 2.04. The van der Waals surface area contributed by atoms with Crippen molar-refractivity contribution < 1.29 is 9.18 Å². The highest BCUT2D eigenvalue weighted by Crippen LogP contribution is 2.17. The highest BCUT2D eigenvalue weighted by molar-refractivity contribution is 5.99. The number of fused-ring (bicyclic) bond motifs is 1. The zero-order valence-electron chi connectivity index (χ0n) is 11.5. The van der Waals surface area contributed by atoms with Gasteiger partial charge in [-0.25, -0.2) is 9.37 Å². The summed E-state index contributed by atoms with van der Waals surface area (Å²) in [7, 11) is 1.60. The van der Waals surface area contributed by atoms with Gasteiger partial charge in [0.25, 0.3) is 5.91 Å². The van der Waals surface area contributed by atoms with E-state index in [-0.39, 0.29) is 16.8 Å². The van der Waals surface area contributed by atoms with Crippen molar-refractivity contribution in [3.05, 3.63) is 41.1 Å². The number of nitrogens with zero attached hydrogens (tertiary/aromatic N) is 2. The van der Waals surface area contributed by atoms with Crippen LogP contribution in [0.2, 0.25) is 0 Å². The Morgan fingerprint density at radius 1 is 1.41 bits per heavy atom. The number of imidazole rings is 1. The van der Waals surface area contributed by atoms with Crippen LogP contribution in [-0.2, 0) is 0 Å². The van der Waals surface area contributed by atoms with Gasteiger partial charge in [0.2, 0.25) is 0 Å². The van der Waals surface area contributed by atoms with Crippen LogP contribution in [0.25, 0.3) is 11.0 Å². The van der Waals surface area contributed by atoms with E-state index in [9.17, 15) is 9.18 Å². The van der Waals surface area contributed by atoms with Crippen LogP contribution in [0.4, 0.5) is 10.2 Å². The summed E-state index contributed by atoms with van der Waals surface area (Å²) in [5.41, 5.74) is 7.02. The molecule has 0 spiro atoms. The number of aromatic nitrogens is 4. The molecule has 0 aliphatic heterocycles. The Morgan fingerprint density at radius 3 is 2.95 bits per heavy atom. The smallest absolute Gasteiger partial charge is 0.255 e. The molecule has 0 saturated heterocycles. The maximum Gasteiger partial charge on any atom is 0.255 e. The Balaban J connectivity index is 2.06. The number of hydrogen-bond acceptors (Lipinski definition) is 4. The lowest BCUT2D eigenvalue weighted by atomic mass is 10.1. The quantitative estimate of drug-likeness (QED) is 0.528.